The van der Waals surface area contributed by atoms with Gasteiger partial charge in [-0.05, 0) is 71.4 Å². The van der Waals surface area contributed by atoms with E-state index in [1.165, 1.54) is 6.08 Å². The summed E-state index contributed by atoms with van der Waals surface area (Å²) in [6.45, 7) is 2.88. The third-order valence-electron chi connectivity index (χ3n) is 3.60. The Bertz CT molecular complexity index is 927. The van der Waals surface area contributed by atoms with Crippen molar-refractivity contribution in [3.8, 4) is 5.75 Å². The number of furan rings is 1. The molecule has 3 aromatic rings. The SMILES string of the molecule is CCn1ncc(Br)c1C(=O)/C=C/c1ccc(COc2ccc(Br)cc2)o1. The molecule has 0 spiro atoms. The molecule has 2 aromatic heterocycles. The number of ether oxygens (including phenoxy) is 1. The smallest absolute Gasteiger partial charge is 0.205 e. The minimum atomic E-state index is -0.139. The fourth-order valence-electron chi connectivity index (χ4n) is 2.33. The van der Waals surface area contributed by atoms with Crippen LogP contribution in [0.5, 0.6) is 5.75 Å². The van der Waals surface area contributed by atoms with Gasteiger partial charge in [0, 0.05) is 11.0 Å². The molecule has 0 unspecified atom stereocenters. The van der Waals surface area contributed by atoms with E-state index in [4.69, 9.17) is 9.15 Å². The number of rotatable bonds is 7. The Morgan fingerprint density at radius 1 is 1.23 bits per heavy atom. The fraction of sp³-hybridized carbons (Fsp3) is 0.158. The van der Waals surface area contributed by atoms with E-state index in [1.54, 1.807) is 23.0 Å². The van der Waals surface area contributed by atoms with Crippen LogP contribution in [0, 0.1) is 0 Å². The van der Waals surface area contributed by atoms with E-state index in [-0.39, 0.29) is 5.78 Å². The Hall–Kier alpha value is -2.12. The molecule has 26 heavy (non-hydrogen) atoms. The van der Waals surface area contributed by atoms with Gasteiger partial charge in [-0.1, -0.05) is 15.9 Å². The van der Waals surface area contributed by atoms with Crippen molar-refractivity contribution in [3.05, 3.63) is 74.8 Å². The van der Waals surface area contributed by atoms with Crippen molar-refractivity contribution in [2.75, 3.05) is 0 Å². The quantitative estimate of drug-likeness (QED) is 0.331. The van der Waals surface area contributed by atoms with Gasteiger partial charge in [0.2, 0.25) is 5.78 Å². The van der Waals surface area contributed by atoms with E-state index in [1.807, 2.05) is 37.3 Å². The first kappa shape index (κ1) is 18.7. The van der Waals surface area contributed by atoms with Gasteiger partial charge in [-0.25, -0.2) is 0 Å². The summed E-state index contributed by atoms with van der Waals surface area (Å²) < 4.78 is 14.7. The van der Waals surface area contributed by atoms with E-state index >= 15 is 0 Å². The molecule has 0 amide bonds. The van der Waals surface area contributed by atoms with Gasteiger partial charge in [0.15, 0.2) is 0 Å². The third kappa shape index (κ3) is 4.53. The van der Waals surface area contributed by atoms with Crippen molar-refractivity contribution in [2.24, 2.45) is 0 Å². The maximum atomic E-state index is 12.4. The molecule has 3 rings (SSSR count). The van der Waals surface area contributed by atoms with Crippen LogP contribution in [0.15, 0.2) is 62.0 Å². The highest BCUT2D eigenvalue weighted by Crippen LogP contribution is 2.20. The van der Waals surface area contributed by atoms with Crippen LogP contribution in [0.2, 0.25) is 0 Å². The average molecular weight is 480 g/mol. The Morgan fingerprint density at radius 2 is 2.00 bits per heavy atom. The van der Waals surface area contributed by atoms with Gasteiger partial charge >= 0.3 is 0 Å². The lowest BCUT2D eigenvalue weighted by Crippen LogP contribution is -2.07. The van der Waals surface area contributed by atoms with Gasteiger partial charge in [0.05, 0.1) is 10.7 Å². The maximum Gasteiger partial charge on any atom is 0.205 e. The zero-order valence-corrected chi connectivity index (χ0v) is 17.2. The molecule has 0 atom stereocenters. The lowest BCUT2D eigenvalue weighted by atomic mass is 10.2. The van der Waals surface area contributed by atoms with Crippen molar-refractivity contribution >= 4 is 43.7 Å². The molecule has 7 heteroatoms. The minimum Gasteiger partial charge on any atom is -0.486 e. The molecule has 2 heterocycles. The molecule has 0 radical (unpaired) electrons. The van der Waals surface area contributed by atoms with Gasteiger partial charge in [0.1, 0.15) is 29.6 Å². The molecule has 5 nitrogen and oxygen atoms in total. The number of allylic oxidation sites excluding steroid dienone is 1. The van der Waals surface area contributed by atoms with Crippen LogP contribution in [0.4, 0.5) is 0 Å². The standard InChI is InChI=1S/C19H16Br2N2O3/c1-2-23-19(17(21)11-22-23)18(24)10-9-15-7-8-16(26-15)12-25-14-5-3-13(20)4-6-14/h3-11H,2,12H2,1H3/b10-9+. The summed E-state index contributed by atoms with van der Waals surface area (Å²) >= 11 is 6.74. The van der Waals surface area contributed by atoms with Crippen molar-refractivity contribution in [3.63, 3.8) is 0 Å². The first-order valence-corrected chi connectivity index (χ1v) is 9.56. The molecule has 0 fully saturated rings. The summed E-state index contributed by atoms with van der Waals surface area (Å²) in [6.07, 6.45) is 4.74. The molecular weight excluding hydrogens is 464 g/mol. The maximum absolute atomic E-state index is 12.4. The third-order valence-corrected chi connectivity index (χ3v) is 4.71. The van der Waals surface area contributed by atoms with Gasteiger partial charge in [0.25, 0.3) is 0 Å². The summed E-state index contributed by atoms with van der Waals surface area (Å²) in [5.41, 5.74) is 0.522. The van der Waals surface area contributed by atoms with Crippen molar-refractivity contribution < 1.29 is 13.9 Å². The number of aromatic nitrogens is 2. The minimum absolute atomic E-state index is 0.139. The molecule has 0 saturated carbocycles. The number of hydrogen-bond donors (Lipinski definition) is 0. The van der Waals surface area contributed by atoms with Crippen LogP contribution in [-0.2, 0) is 13.2 Å². The second-order valence-electron chi connectivity index (χ2n) is 5.40. The largest absolute Gasteiger partial charge is 0.486 e. The zero-order chi connectivity index (χ0) is 18.5. The summed E-state index contributed by atoms with van der Waals surface area (Å²) in [5, 5.41) is 4.15. The lowest BCUT2D eigenvalue weighted by molar-refractivity contribution is 0.103. The molecule has 134 valence electrons. The van der Waals surface area contributed by atoms with Crippen molar-refractivity contribution in [1.82, 2.24) is 9.78 Å². The summed E-state index contributed by atoms with van der Waals surface area (Å²) in [7, 11) is 0. The first-order chi connectivity index (χ1) is 12.6. The molecule has 0 aliphatic carbocycles. The lowest BCUT2D eigenvalue weighted by Gasteiger charge is -2.03. The van der Waals surface area contributed by atoms with Gasteiger partial charge in [-0.3, -0.25) is 9.48 Å². The van der Waals surface area contributed by atoms with Gasteiger partial charge < -0.3 is 9.15 Å². The molecule has 0 aliphatic rings. The zero-order valence-electron chi connectivity index (χ0n) is 14.0. The Morgan fingerprint density at radius 3 is 2.73 bits per heavy atom. The highest BCUT2D eigenvalue weighted by atomic mass is 79.9. The highest BCUT2D eigenvalue weighted by molar-refractivity contribution is 9.10. The summed E-state index contributed by atoms with van der Waals surface area (Å²) in [4.78, 5) is 12.4. The van der Waals surface area contributed by atoms with Crippen molar-refractivity contribution in [2.45, 2.75) is 20.1 Å². The second-order valence-corrected chi connectivity index (χ2v) is 7.17. The highest BCUT2D eigenvalue weighted by Gasteiger charge is 2.14. The Balaban J connectivity index is 1.62. The van der Waals surface area contributed by atoms with E-state index in [0.717, 1.165) is 10.2 Å². The van der Waals surface area contributed by atoms with Crippen LogP contribution in [0.3, 0.4) is 0 Å². The van der Waals surface area contributed by atoms with Crippen LogP contribution in [0.25, 0.3) is 6.08 Å². The summed E-state index contributed by atoms with van der Waals surface area (Å²) in [6, 6.07) is 11.2. The number of nitrogens with zero attached hydrogens (tertiary/aromatic N) is 2. The molecule has 1 aromatic carbocycles. The number of ketones is 1. The number of halogens is 2. The van der Waals surface area contributed by atoms with Crippen LogP contribution < -0.4 is 4.74 Å². The van der Waals surface area contributed by atoms with Crippen LogP contribution in [0.1, 0.15) is 28.9 Å². The summed E-state index contributed by atoms with van der Waals surface area (Å²) in [5.74, 6) is 1.89. The average Bonchev–Trinajstić information content (AvgIpc) is 3.25. The van der Waals surface area contributed by atoms with Gasteiger partial charge in [-0.15, -0.1) is 0 Å². The van der Waals surface area contributed by atoms with E-state index in [0.29, 0.717) is 34.8 Å². The first-order valence-electron chi connectivity index (χ1n) is 7.97. The fourth-order valence-corrected chi connectivity index (χ4v) is 3.09. The Kier molecular flexibility index (Phi) is 6.11. The van der Waals surface area contributed by atoms with Crippen LogP contribution in [-0.4, -0.2) is 15.6 Å². The predicted molar refractivity (Wildman–Crippen MR) is 106 cm³/mol. The molecule has 0 aliphatic heterocycles. The van der Waals surface area contributed by atoms with E-state index in [9.17, 15) is 4.79 Å². The van der Waals surface area contributed by atoms with E-state index < -0.39 is 0 Å². The molecular formula is C19H16Br2N2O3. The van der Waals surface area contributed by atoms with Gasteiger partial charge in [-0.2, -0.15) is 5.10 Å². The number of carbonyl (C=O) groups is 1. The van der Waals surface area contributed by atoms with Crippen molar-refractivity contribution in [1.29, 1.82) is 0 Å². The molecule has 0 N–H and O–H groups in total. The Labute approximate surface area is 167 Å². The predicted octanol–water partition coefficient (Wildman–Crippen LogP) is 5.50. The molecule has 0 bridgehead atoms. The molecule has 0 saturated heterocycles. The second kappa shape index (κ2) is 8.51. The number of carbonyl (C=O) groups excluding carboxylic acids is 1. The number of hydrogen-bond acceptors (Lipinski definition) is 4. The number of aryl methyl sites for hydroxylation is 1. The van der Waals surface area contributed by atoms with Crippen LogP contribution >= 0.6 is 31.9 Å². The topological polar surface area (TPSA) is 57.3 Å². The van der Waals surface area contributed by atoms with E-state index in [2.05, 4.69) is 37.0 Å². The number of benzene rings is 1. The monoisotopic (exact) mass is 478 g/mol. The normalized spacial score (nSPS) is 11.2.